The van der Waals surface area contributed by atoms with E-state index in [4.69, 9.17) is 4.74 Å². The highest BCUT2D eigenvalue weighted by Gasteiger charge is 2.01. The second-order valence-corrected chi connectivity index (χ2v) is 4.88. The fourth-order valence-corrected chi connectivity index (χ4v) is 2.02. The summed E-state index contributed by atoms with van der Waals surface area (Å²) in [6, 6.07) is 14.3. The Morgan fingerprint density at radius 3 is 2.55 bits per heavy atom. The number of hydrogen-bond acceptors (Lipinski definition) is 3. The third-order valence-corrected chi connectivity index (χ3v) is 3.22. The second kappa shape index (κ2) is 7.93. The number of phenolic OH excluding ortho intramolecular Hbond substituents is 1. The van der Waals surface area contributed by atoms with Gasteiger partial charge in [0.05, 0.1) is 7.11 Å². The molecule has 2 aromatic rings. The number of methoxy groups -OCH3 is 1. The zero-order chi connectivity index (χ0) is 15.8. The van der Waals surface area contributed by atoms with E-state index >= 15 is 0 Å². The van der Waals surface area contributed by atoms with Gasteiger partial charge >= 0.3 is 6.03 Å². The molecule has 116 valence electrons. The van der Waals surface area contributed by atoms with Crippen LogP contribution in [0.15, 0.2) is 48.5 Å². The summed E-state index contributed by atoms with van der Waals surface area (Å²) >= 11 is 0. The van der Waals surface area contributed by atoms with Crippen LogP contribution in [-0.4, -0.2) is 24.8 Å². The maximum Gasteiger partial charge on any atom is 0.315 e. The summed E-state index contributed by atoms with van der Waals surface area (Å²) < 4.78 is 5.08. The van der Waals surface area contributed by atoms with Crippen LogP contribution >= 0.6 is 0 Å². The molecule has 5 nitrogen and oxygen atoms in total. The van der Waals surface area contributed by atoms with Gasteiger partial charge in [-0.1, -0.05) is 24.3 Å². The van der Waals surface area contributed by atoms with Gasteiger partial charge in [0.25, 0.3) is 0 Å². The number of urea groups is 1. The summed E-state index contributed by atoms with van der Waals surface area (Å²) in [4.78, 5) is 11.7. The number of benzene rings is 2. The first-order valence-electron chi connectivity index (χ1n) is 7.10. The Bertz CT molecular complexity index is 612. The van der Waals surface area contributed by atoms with Crippen LogP contribution in [0, 0.1) is 0 Å². The summed E-state index contributed by atoms with van der Waals surface area (Å²) in [7, 11) is 1.62. The molecule has 0 saturated carbocycles. The first-order valence-corrected chi connectivity index (χ1v) is 7.10. The molecule has 2 amide bonds. The summed E-state index contributed by atoms with van der Waals surface area (Å²) in [6.45, 7) is 0.972. The molecular weight excluding hydrogens is 280 g/mol. The van der Waals surface area contributed by atoms with Crippen molar-refractivity contribution in [2.45, 2.75) is 13.0 Å². The molecule has 5 heteroatoms. The number of carbonyl (C=O) groups excluding carboxylic acids is 1. The fourth-order valence-electron chi connectivity index (χ4n) is 2.02. The number of ether oxygens (including phenoxy) is 1. The molecule has 0 atom stereocenters. The van der Waals surface area contributed by atoms with Gasteiger partial charge in [0.15, 0.2) is 0 Å². The highest BCUT2D eigenvalue weighted by molar-refractivity contribution is 5.73. The second-order valence-electron chi connectivity index (χ2n) is 4.88. The monoisotopic (exact) mass is 300 g/mol. The lowest BCUT2D eigenvalue weighted by Crippen LogP contribution is -2.36. The van der Waals surface area contributed by atoms with Gasteiger partial charge in [-0.05, 0) is 41.8 Å². The Hall–Kier alpha value is -2.69. The van der Waals surface area contributed by atoms with E-state index in [-0.39, 0.29) is 11.8 Å². The van der Waals surface area contributed by atoms with Crippen LogP contribution in [0.4, 0.5) is 4.79 Å². The van der Waals surface area contributed by atoms with E-state index < -0.39 is 0 Å². The Labute approximate surface area is 129 Å². The van der Waals surface area contributed by atoms with Crippen LogP contribution in [0.5, 0.6) is 11.5 Å². The third kappa shape index (κ3) is 5.01. The third-order valence-electron chi connectivity index (χ3n) is 3.22. The zero-order valence-corrected chi connectivity index (χ0v) is 12.5. The fraction of sp³-hybridized carbons (Fsp3) is 0.235. The molecule has 0 aliphatic rings. The molecule has 0 spiro atoms. The number of rotatable bonds is 6. The van der Waals surface area contributed by atoms with Gasteiger partial charge in [0, 0.05) is 13.1 Å². The van der Waals surface area contributed by atoms with Crippen molar-refractivity contribution in [1.82, 2.24) is 10.6 Å². The average molecular weight is 300 g/mol. The molecule has 0 radical (unpaired) electrons. The predicted molar refractivity (Wildman–Crippen MR) is 85.0 cm³/mol. The molecule has 3 N–H and O–H groups in total. The van der Waals surface area contributed by atoms with Gasteiger partial charge in [-0.3, -0.25) is 0 Å². The van der Waals surface area contributed by atoms with Crippen LogP contribution in [0.3, 0.4) is 0 Å². The Morgan fingerprint density at radius 2 is 1.86 bits per heavy atom. The van der Waals surface area contributed by atoms with Gasteiger partial charge < -0.3 is 20.5 Å². The molecule has 0 saturated heterocycles. The van der Waals surface area contributed by atoms with E-state index in [1.165, 1.54) is 0 Å². The normalized spacial score (nSPS) is 10.0. The maximum atomic E-state index is 11.7. The molecule has 2 aromatic carbocycles. The van der Waals surface area contributed by atoms with E-state index in [0.29, 0.717) is 19.5 Å². The number of hydrogen-bond donors (Lipinski definition) is 3. The maximum absolute atomic E-state index is 11.7. The van der Waals surface area contributed by atoms with Crippen LogP contribution < -0.4 is 15.4 Å². The molecule has 0 unspecified atom stereocenters. The minimum atomic E-state index is -0.212. The van der Waals surface area contributed by atoms with Crippen molar-refractivity contribution < 1.29 is 14.6 Å². The first kappa shape index (κ1) is 15.7. The topological polar surface area (TPSA) is 70.6 Å². The summed E-state index contributed by atoms with van der Waals surface area (Å²) in [5.41, 5.74) is 1.99. The van der Waals surface area contributed by atoms with E-state index in [0.717, 1.165) is 16.9 Å². The van der Waals surface area contributed by atoms with E-state index in [1.54, 1.807) is 25.3 Å². The van der Waals surface area contributed by atoms with Gasteiger partial charge in [0.1, 0.15) is 11.5 Å². The molecule has 0 aliphatic heterocycles. The minimum absolute atomic E-state index is 0.212. The number of phenols is 1. The lowest BCUT2D eigenvalue weighted by Gasteiger charge is -2.08. The van der Waals surface area contributed by atoms with Gasteiger partial charge in [-0.25, -0.2) is 4.79 Å². The SMILES string of the molecule is COc1ccc(CNC(=O)NCCc2cccc(O)c2)cc1. The summed E-state index contributed by atoms with van der Waals surface area (Å²) in [6.07, 6.45) is 0.671. The Morgan fingerprint density at radius 1 is 1.09 bits per heavy atom. The molecule has 0 aliphatic carbocycles. The first-order chi connectivity index (χ1) is 10.7. The summed E-state index contributed by atoms with van der Waals surface area (Å²) in [5, 5.41) is 14.9. The molecular formula is C17H20N2O3. The highest BCUT2D eigenvalue weighted by Crippen LogP contribution is 2.11. The van der Waals surface area contributed by atoms with Crippen molar-refractivity contribution in [3.05, 3.63) is 59.7 Å². The van der Waals surface area contributed by atoms with E-state index in [2.05, 4.69) is 10.6 Å². The Kier molecular flexibility index (Phi) is 5.65. The van der Waals surface area contributed by atoms with Crippen molar-refractivity contribution in [2.75, 3.05) is 13.7 Å². The molecule has 0 fully saturated rings. The molecule has 0 bridgehead atoms. The van der Waals surface area contributed by atoms with Crippen molar-refractivity contribution in [3.8, 4) is 11.5 Å². The molecule has 0 aromatic heterocycles. The van der Waals surface area contributed by atoms with Crippen molar-refractivity contribution >= 4 is 6.03 Å². The molecule has 2 rings (SSSR count). The quantitative estimate of drug-likeness (QED) is 0.767. The predicted octanol–water partition coefficient (Wildman–Crippen LogP) is 2.44. The van der Waals surface area contributed by atoms with Crippen LogP contribution in [-0.2, 0) is 13.0 Å². The van der Waals surface area contributed by atoms with Crippen LogP contribution in [0.2, 0.25) is 0 Å². The van der Waals surface area contributed by atoms with Gasteiger partial charge in [0.2, 0.25) is 0 Å². The minimum Gasteiger partial charge on any atom is -0.508 e. The van der Waals surface area contributed by atoms with Crippen molar-refractivity contribution in [2.24, 2.45) is 0 Å². The molecule has 22 heavy (non-hydrogen) atoms. The lowest BCUT2D eigenvalue weighted by atomic mass is 10.1. The van der Waals surface area contributed by atoms with E-state index in [9.17, 15) is 9.90 Å². The van der Waals surface area contributed by atoms with E-state index in [1.807, 2.05) is 30.3 Å². The highest BCUT2D eigenvalue weighted by atomic mass is 16.5. The molecule has 0 heterocycles. The van der Waals surface area contributed by atoms with Crippen LogP contribution in [0.25, 0.3) is 0 Å². The number of nitrogens with one attached hydrogen (secondary N) is 2. The standard InChI is InChI=1S/C17H20N2O3/c1-22-16-7-5-14(6-8-16)12-19-17(21)18-10-9-13-3-2-4-15(20)11-13/h2-8,11,20H,9-10,12H2,1H3,(H2,18,19,21). The van der Waals surface area contributed by atoms with Gasteiger partial charge in [-0.15, -0.1) is 0 Å². The smallest absolute Gasteiger partial charge is 0.315 e. The average Bonchev–Trinajstić information content (AvgIpc) is 2.53. The largest absolute Gasteiger partial charge is 0.508 e. The number of aromatic hydroxyl groups is 1. The Balaban J connectivity index is 1.69. The van der Waals surface area contributed by atoms with Crippen molar-refractivity contribution in [3.63, 3.8) is 0 Å². The van der Waals surface area contributed by atoms with Crippen molar-refractivity contribution in [1.29, 1.82) is 0 Å². The van der Waals surface area contributed by atoms with Gasteiger partial charge in [-0.2, -0.15) is 0 Å². The number of amides is 2. The summed E-state index contributed by atoms with van der Waals surface area (Å²) in [5.74, 6) is 1.03. The van der Waals surface area contributed by atoms with Crippen LogP contribution in [0.1, 0.15) is 11.1 Å². The number of carbonyl (C=O) groups is 1. The lowest BCUT2D eigenvalue weighted by molar-refractivity contribution is 0.240. The zero-order valence-electron chi connectivity index (χ0n) is 12.5.